The Morgan fingerprint density at radius 3 is 2.65 bits per heavy atom. The van der Waals surface area contributed by atoms with Gasteiger partial charge in [-0.05, 0) is 38.5 Å². The number of hydrogen-bond acceptors (Lipinski definition) is 5. The van der Waals surface area contributed by atoms with Gasteiger partial charge in [0.15, 0.2) is 5.78 Å². The molecule has 0 unspecified atom stereocenters. The molecule has 0 heterocycles. The number of Topliss-reactive ketones (excluding diaryl/α,β-unsaturated/α-hetero) is 1. The van der Waals surface area contributed by atoms with E-state index in [0.29, 0.717) is 17.2 Å². The number of ether oxygens (including phenoxy) is 3. The maximum atomic E-state index is 12.4. The van der Waals surface area contributed by atoms with E-state index in [1.54, 1.807) is 45.0 Å². The molecule has 0 atom stereocenters. The minimum Gasteiger partial charge on any atom is -0.444 e. The predicted molar refractivity (Wildman–Crippen MR) is 101 cm³/mol. The zero-order chi connectivity index (χ0) is 19.6. The van der Waals surface area contributed by atoms with Crippen LogP contribution < -0.4 is 5.32 Å². The fraction of sp³-hybridized carbons (Fsp3) is 0.474. The molecule has 0 saturated carbocycles. The van der Waals surface area contributed by atoms with Gasteiger partial charge in [0.2, 0.25) is 0 Å². The van der Waals surface area contributed by atoms with E-state index in [9.17, 15) is 9.59 Å². The molecule has 6 nitrogen and oxygen atoms in total. The minimum atomic E-state index is -0.558. The Morgan fingerprint density at radius 2 is 2.00 bits per heavy atom. The van der Waals surface area contributed by atoms with Crippen molar-refractivity contribution in [2.75, 3.05) is 26.4 Å². The molecule has 1 amide bonds. The molecular weight excluding hydrogens is 358 g/mol. The molecule has 0 fully saturated rings. The third-order valence-corrected chi connectivity index (χ3v) is 3.25. The first-order valence-corrected chi connectivity index (χ1v) is 8.65. The standard InChI is InChI=1S/C19H26ClNO5/c1-5-9-24-12-14-6-7-15(20)11-16(14)17(22)13-25-10-8-21-18(23)26-19(2,3)4/h5-7,11H,1,8-10,12-13H2,2-4H3,(H,21,23). The summed E-state index contributed by atoms with van der Waals surface area (Å²) < 4.78 is 15.8. The van der Waals surface area contributed by atoms with Crippen molar-refractivity contribution in [1.82, 2.24) is 5.32 Å². The van der Waals surface area contributed by atoms with Gasteiger partial charge in [0.05, 0.1) is 19.8 Å². The first-order chi connectivity index (χ1) is 12.2. The Hall–Kier alpha value is -1.89. The molecule has 1 aromatic carbocycles. The topological polar surface area (TPSA) is 73.9 Å². The fourth-order valence-electron chi connectivity index (χ4n) is 1.97. The quantitative estimate of drug-likeness (QED) is 0.378. The number of carbonyl (C=O) groups excluding carboxylic acids is 2. The largest absolute Gasteiger partial charge is 0.444 e. The number of benzene rings is 1. The van der Waals surface area contributed by atoms with Gasteiger partial charge in [0, 0.05) is 17.1 Å². The lowest BCUT2D eigenvalue weighted by atomic mass is 10.0. The number of amides is 1. The summed E-state index contributed by atoms with van der Waals surface area (Å²) in [6, 6.07) is 5.05. The van der Waals surface area contributed by atoms with Gasteiger partial charge in [-0.1, -0.05) is 23.7 Å². The van der Waals surface area contributed by atoms with Gasteiger partial charge >= 0.3 is 6.09 Å². The van der Waals surface area contributed by atoms with Crippen LogP contribution in [0.15, 0.2) is 30.9 Å². The highest BCUT2D eigenvalue weighted by atomic mass is 35.5. The van der Waals surface area contributed by atoms with Gasteiger partial charge < -0.3 is 19.5 Å². The molecule has 1 N–H and O–H groups in total. The Balaban J connectivity index is 2.44. The van der Waals surface area contributed by atoms with Crippen LogP contribution in [0.5, 0.6) is 0 Å². The molecular formula is C19H26ClNO5. The second kappa shape index (κ2) is 11.0. The van der Waals surface area contributed by atoms with Crippen LogP contribution in [0.2, 0.25) is 5.02 Å². The zero-order valence-electron chi connectivity index (χ0n) is 15.5. The van der Waals surface area contributed by atoms with Gasteiger partial charge in [0.25, 0.3) is 0 Å². The molecule has 1 aromatic rings. The number of rotatable bonds is 10. The summed E-state index contributed by atoms with van der Waals surface area (Å²) in [6.45, 7) is 9.91. The highest BCUT2D eigenvalue weighted by Gasteiger charge is 2.16. The SMILES string of the molecule is C=CCOCc1ccc(Cl)cc1C(=O)COCCNC(=O)OC(C)(C)C. The second-order valence-corrected chi connectivity index (χ2v) is 6.95. The van der Waals surface area contributed by atoms with Crippen molar-refractivity contribution in [3.05, 3.63) is 47.0 Å². The van der Waals surface area contributed by atoms with Crippen LogP contribution in [0.4, 0.5) is 4.79 Å². The Labute approximate surface area is 159 Å². The highest BCUT2D eigenvalue weighted by molar-refractivity contribution is 6.31. The summed E-state index contributed by atoms with van der Waals surface area (Å²) >= 11 is 5.98. The summed E-state index contributed by atoms with van der Waals surface area (Å²) in [5.41, 5.74) is 0.635. The Morgan fingerprint density at radius 1 is 1.27 bits per heavy atom. The maximum Gasteiger partial charge on any atom is 0.407 e. The molecule has 0 bridgehead atoms. The van der Waals surface area contributed by atoms with Crippen LogP contribution in [-0.2, 0) is 20.8 Å². The van der Waals surface area contributed by atoms with E-state index < -0.39 is 11.7 Å². The first kappa shape index (κ1) is 22.2. The highest BCUT2D eigenvalue weighted by Crippen LogP contribution is 2.18. The van der Waals surface area contributed by atoms with E-state index >= 15 is 0 Å². The normalized spacial score (nSPS) is 11.1. The summed E-state index contributed by atoms with van der Waals surface area (Å²) in [7, 11) is 0. The summed E-state index contributed by atoms with van der Waals surface area (Å²) in [5.74, 6) is -0.207. The molecule has 0 aliphatic heterocycles. The lowest BCUT2D eigenvalue weighted by Crippen LogP contribution is -2.34. The van der Waals surface area contributed by atoms with Crippen molar-refractivity contribution in [3.8, 4) is 0 Å². The molecule has 0 radical (unpaired) electrons. The van der Waals surface area contributed by atoms with Gasteiger partial charge in [0.1, 0.15) is 12.2 Å². The van der Waals surface area contributed by atoms with Gasteiger partial charge in [-0.25, -0.2) is 4.79 Å². The molecule has 0 spiro atoms. The summed E-state index contributed by atoms with van der Waals surface area (Å²) in [6.07, 6.45) is 1.11. The number of alkyl carbamates (subject to hydrolysis) is 1. The average molecular weight is 384 g/mol. The molecule has 26 heavy (non-hydrogen) atoms. The molecule has 7 heteroatoms. The third-order valence-electron chi connectivity index (χ3n) is 3.01. The van der Waals surface area contributed by atoms with E-state index in [1.165, 1.54) is 0 Å². The van der Waals surface area contributed by atoms with Crippen LogP contribution in [0, 0.1) is 0 Å². The van der Waals surface area contributed by atoms with Crippen molar-refractivity contribution in [3.63, 3.8) is 0 Å². The van der Waals surface area contributed by atoms with Crippen molar-refractivity contribution in [1.29, 1.82) is 0 Å². The van der Waals surface area contributed by atoms with Crippen LogP contribution in [-0.4, -0.2) is 43.8 Å². The molecule has 0 aromatic heterocycles. The predicted octanol–water partition coefficient (Wildman–Crippen LogP) is 3.77. The number of nitrogens with one attached hydrogen (secondary N) is 1. The number of hydrogen-bond donors (Lipinski definition) is 1. The van der Waals surface area contributed by atoms with Gasteiger partial charge in [-0.15, -0.1) is 6.58 Å². The van der Waals surface area contributed by atoms with Crippen molar-refractivity contribution in [2.24, 2.45) is 0 Å². The molecule has 0 aliphatic carbocycles. The Kier molecular flexibility index (Phi) is 9.34. The van der Waals surface area contributed by atoms with Crippen LogP contribution in [0.3, 0.4) is 0 Å². The molecule has 144 valence electrons. The van der Waals surface area contributed by atoms with Crippen LogP contribution in [0.1, 0.15) is 36.7 Å². The second-order valence-electron chi connectivity index (χ2n) is 6.51. The van der Waals surface area contributed by atoms with Crippen LogP contribution in [0.25, 0.3) is 0 Å². The monoisotopic (exact) mass is 383 g/mol. The van der Waals surface area contributed by atoms with Crippen molar-refractivity contribution in [2.45, 2.75) is 33.0 Å². The van der Waals surface area contributed by atoms with E-state index in [1.807, 2.05) is 0 Å². The summed E-state index contributed by atoms with van der Waals surface area (Å²) in [5, 5.41) is 3.02. The van der Waals surface area contributed by atoms with Gasteiger partial charge in [-0.2, -0.15) is 0 Å². The number of carbonyl (C=O) groups is 2. The Bertz CT molecular complexity index is 625. The zero-order valence-corrected chi connectivity index (χ0v) is 16.2. The summed E-state index contributed by atoms with van der Waals surface area (Å²) in [4.78, 5) is 23.9. The van der Waals surface area contributed by atoms with Crippen molar-refractivity contribution < 1.29 is 23.8 Å². The van der Waals surface area contributed by atoms with Gasteiger partial charge in [-0.3, -0.25) is 4.79 Å². The van der Waals surface area contributed by atoms with Crippen LogP contribution >= 0.6 is 11.6 Å². The average Bonchev–Trinajstić information content (AvgIpc) is 2.54. The van der Waals surface area contributed by atoms with E-state index in [-0.39, 0.29) is 32.1 Å². The lowest BCUT2D eigenvalue weighted by molar-refractivity contribution is 0.0497. The maximum absolute atomic E-state index is 12.4. The molecule has 0 saturated heterocycles. The number of ketones is 1. The van der Waals surface area contributed by atoms with Crippen molar-refractivity contribution >= 4 is 23.5 Å². The third kappa shape index (κ3) is 8.99. The molecule has 1 rings (SSSR count). The van der Waals surface area contributed by atoms with E-state index in [2.05, 4.69) is 11.9 Å². The number of halogens is 1. The fourth-order valence-corrected chi connectivity index (χ4v) is 2.14. The smallest absolute Gasteiger partial charge is 0.407 e. The van der Waals surface area contributed by atoms with E-state index in [0.717, 1.165) is 5.56 Å². The lowest BCUT2D eigenvalue weighted by Gasteiger charge is -2.19. The molecule has 0 aliphatic rings. The first-order valence-electron chi connectivity index (χ1n) is 8.28. The minimum absolute atomic E-state index is 0.120. The van der Waals surface area contributed by atoms with E-state index in [4.69, 9.17) is 25.8 Å².